The van der Waals surface area contributed by atoms with Gasteiger partial charge in [-0.2, -0.15) is 0 Å². The van der Waals surface area contributed by atoms with Crippen LogP contribution in [-0.2, 0) is 0 Å². The standard InChI is InChI=1S/C20H20N4O2/c1-15-4-8-17(9-5-15)23-19(25)21-12-2-3-16-6-10-18(11-7-16)24-14-13-22-20(24)26/h4-11H,12-14H2,1H3,(H,22,26)(H2,21,23,25). The molecular formula is C20H20N4O2. The SMILES string of the molecule is Cc1ccc(NC(=O)NCC#Cc2ccc(N3CCNC3=O)cc2)cc1. The lowest BCUT2D eigenvalue weighted by atomic mass is 10.2. The molecule has 0 bridgehead atoms. The Labute approximate surface area is 152 Å². The second kappa shape index (κ2) is 8.08. The van der Waals surface area contributed by atoms with Gasteiger partial charge in [0.25, 0.3) is 0 Å². The average molecular weight is 348 g/mol. The lowest BCUT2D eigenvalue weighted by molar-refractivity contribution is 0.251. The number of carbonyl (C=O) groups is 2. The second-order valence-corrected chi connectivity index (χ2v) is 5.91. The number of anilines is 2. The first-order chi connectivity index (χ1) is 12.6. The van der Waals surface area contributed by atoms with Gasteiger partial charge >= 0.3 is 12.1 Å². The molecule has 2 aromatic rings. The van der Waals surface area contributed by atoms with E-state index in [0.717, 1.165) is 22.5 Å². The van der Waals surface area contributed by atoms with Gasteiger partial charge in [0.05, 0.1) is 6.54 Å². The maximum absolute atomic E-state index is 11.8. The largest absolute Gasteiger partial charge is 0.336 e. The Morgan fingerprint density at radius 3 is 2.54 bits per heavy atom. The summed E-state index contributed by atoms with van der Waals surface area (Å²) in [6, 6.07) is 14.7. The molecule has 0 unspecified atom stereocenters. The summed E-state index contributed by atoms with van der Waals surface area (Å²) < 4.78 is 0. The first-order valence-electron chi connectivity index (χ1n) is 8.38. The van der Waals surface area contributed by atoms with Crippen molar-refractivity contribution in [1.82, 2.24) is 10.6 Å². The predicted octanol–water partition coefficient (Wildman–Crippen LogP) is 2.70. The van der Waals surface area contributed by atoms with Gasteiger partial charge in [-0.05, 0) is 43.3 Å². The van der Waals surface area contributed by atoms with Crippen LogP contribution in [0.3, 0.4) is 0 Å². The van der Waals surface area contributed by atoms with Crippen LogP contribution in [0.2, 0.25) is 0 Å². The number of rotatable bonds is 3. The van der Waals surface area contributed by atoms with E-state index in [9.17, 15) is 9.59 Å². The number of aryl methyl sites for hydroxylation is 1. The van der Waals surface area contributed by atoms with E-state index in [1.54, 1.807) is 4.90 Å². The first-order valence-corrected chi connectivity index (χ1v) is 8.38. The molecule has 1 saturated heterocycles. The second-order valence-electron chi connectivity index (χ2n) is 5.91. The van der Waals surface area contributed by atoms with Crippen LogP contribution in [0, 0.1) is 18.8 Å². The molecular weight excluding hydrogens is 328 g/mol. The zero-order valence-corrected chi connectivity index (χ0v) is 14.5. The van der Waals surface area contributed by atoms with Crippen LogP contribution in [-0.4, -0.2) is 31.7 Å². The van der Waals surface area contributed by atoms with Gasteiger partial charge in [-0.1, -0.05) is 29.5 Å². The van der Waals surface area contributed by atoms with E-state index in [4.69, 9.17) is 0 Å². The molecule has 3 N–H and O–H groups in total. The minimum absolute atomic E-state index is 0.0763. The quantitative estimate of drug-likeness (QED) is 0.746. The smallest absolute Gasteiger partial charge is 0.321 e. The third-order valence-electron chi connectivity index (χ3n) is 3.92. The summed E-state index contributed by atoms with van der Waals surface area (Å²) in [5, 5.41) is 8.21. The molecule has 0 radical (unpaired) electrons. The van der Waals surface area contributed by atoms with E-state index in [-0.39, 0.29) is 18.6 Å². The topological polar surface area (TPSA) is 73.5 Å². The van der Waals surface area contributed by atoms with Crippen LogP contribution in [0.15, 0.2) is 48.5 Å². The Kier molecular flexibility index (Phi) is 5.40. The Hall–Kier alpha value is -3.46. The number of nitrogens with one attached hydrogen (secondary N) is 3. The molecule has 0 aliphatic carbocycles. The lowest BCUT2D eigenvalue weighted by Crippen LogP contribution is -2.28. The van der Waals surface area contributed by atoms with Crippen molar-refractivity contribution in [3.05, 3.63) is 59.7 Å². The van der Waals surface area contributed by atoms with Gasteiger partial charge in [0.2, 0.25) is 0 Å². The minimum Gasteiger partial charge on any atom is -0.336 e. The van der Waals surface area contributed by atoms with Crippen LogP contribution >= 0.6 is 0 Å². The Morgan fingerprint density at radius 1 is 1.15 bits per heavy atom. The Bertz CT molecular complexity index is 848. The highest BCUT2D eigenvalue weighted by molar-refractivity contribution is 5.94. The van der Waals surface area contributed by atoms with Crippen LogP contribution in [0.5, 0.6) is 0 Å². The van der Waals surface area contributed by atoms with Gasteiger partial charge in [0.1, 0.15) is 0 Å². The fourth-order valence-electron chi connectivity index (χ4n) is 2.53. The van der Waals surface area contributed by atoms with Crippen molar-refractivity contribution >= 4 is 23.4 Å². The zero-order valence-electron chi connectivity index (χ0n) is 14.5. The van der Waals surface area contributed by atoms with Gasteiger partial charge in [-0.15, -0.1) is 0 Å². The van der Waals surface area contributed by atoms with Crippen LogP contribution < -0.4 is 20.9 Å². The van der Waals surface area contributed by atoms with E-state index < -0.39 is 0 Å². The highest BCUT2D eigenvalue weighted by Crippen LogP contribution is 2.16. The molecule has 4 amide bonds. The van der Waals surface area contributed by atoms with Crippen LogP contribution in [0.25, 0.3) is 0 Å². The van der Waals surface area contributed by atoms with Gasteiger partial charge in [0.15, 0.2) is 0 Å². The molecule has 26 heavy (non-hydrogen) atoms. The highest BCUT2D eigenvalue weighted by atomic mass is 16.2. The zero-order chi connectivity index (χ0) is 18.4. The van der Waals surface area contributed by atoms with Gasteiger partial charge in [-0.3, -0.25) is 4.90 Å². The molecule has 6 heteroatoms. The Morgan fingerprint density at radius 2 is 1.88 bits per heavy atom. The van der Waals surface area contributed by atoms with Gasteiger partial charge < -0.3 is 16.0 Å². The predicted molar refractivity (Wildman–Crippen MR) is 102 cm³/mol. The average Bonchev–Trinajstić information content (AvgIpc) is 3.07. The van der Waals surface area contributed by atoms with Crippen molar-refractivity contribution in [3.8, 4) is 11.8 Å². The number of benzene rings is 2. The number of nitrogens with zero attached hydrogens (tertiary/aromatic N) is 1. The molecule has 3 rings (SSSR count). The molecule has 1 heterocycles. The van der Waals surface area contributed by atoms with Crippen LogP contribution in [0.4, 0.5) is 21.0 Å². The molecule has 0 atom stereocenters. The molecule has 2 aromatic carbocycles. The van der Waals surface area contributed by atoms with E-state index in [0.29, 0.717) is 13.1 Å². The molecule has 132 valence electrons. The molecule has 0 spiro atoms. The normalized spacial score (nSPS) is 12.8. The molecule has 1 aliphatic rings. The Balaban J connectivity index is 1.48. The van der Waals surface area contributed by atoms with E-state index in [1.807, 2.05) is 55.5 Å². The summed E-state index contributed by atoms with van der Waals surface area (Å²) in [5.74, 6) is 5.90. The maximum Gasteiger partial charge on any atom is 0.321 e. The monoisotopic (exact) mass is 348 g/mol. The van der Waals surface area contributed by atoms with E-state index >= 15 is 0 Å². The van der Waals surface area contributed by atoms with Crippen molar-refractivity contribution in [2.45, 2.75) is 6.92 Å². The van der Waals surface area contributed by atoms with Crippen molar-refractivity contribution < 1.29 is 9.59 Å². The van der Waals surface area contributed by atoms with E-state index in [2.05, 4.69) is 27.8 Å². The number of urea groups is 2. The highest BCUT2D eigenvalue weighted by Gasteiger charge is 2.20. The van der Waals surface area contributed by atoms with Crippen LogP contribution in [0.1, 0.15) is 11.1 Å². The summed E-state index contributed by atoms with van der Waals surface area (Å²) in [6.07, 6.45) is 0. The summed E-state index contributed by atoms with van der Waals surface area (Å²) in [7, 11) is 0. The summed E-state index contributed by atoms with van der Waals surface area (Å²) >= 11 is 0. The lowest BCUT2D eigenvalue weighted by Gasteiger charge is -2.13. The number of amides is 4. The fraction of sp³-hybridized carbons (Fsp3) is 0.200. The maximum atomic E-state index is 11.8. The van der Waals surface area contributed by atoms with Crippen molar-refractivity contribution in [3.63, 3.8) is 0 Å². The molecule has 0 aromatic heterocycles. The summed E-state index contributed by atoms with van der Waals surface area (Å²) in [4.78, 5) is 25.1. The molecule has 6 nitrogen and oxygen atoms in total. The summed E-state index contributed by atoms with van der Waals surface area (Å²) in [6.45, 7) is 3.57. The number of hydrogen-bond acceptors (Lipinski definition) is 2. The van der Waals surface area contributed by atoms with Crippen molar-refractivity contribution in [2.75, 3.05) is 29.9 Å². The third kappa shape index (κ3) is 4.54. The molecule has 1 fully saturated rings. The van der Waals surface area contributed by atoms with Gasteiger partial charge in [0, 0.05) is 30.0 Å². The van der Waals surface area contributed by atoms with Crippen molar-refractivity contribution in [1.29, 1.82) is 0 Å². The van der Waals surface area contributed by atoms with Gasteiger partial charge in [-0.25, -0.2) is 9.59 Å². The fourth-order valence-corrected chi connectivity index (χ4v) is 2.53. The molecule has 1 aliphatic heterocycles. The molecule has 0 saturated carbocycles. The summed E-state index contributed by atoms with van der Waals surface area (Å²) in [5.41, 5.74) is 3.55. The number of carbonyl (C=O) groups excluding carboxylic acids is 2. The van der Waals surface area contributed by atoms with E-state index in [1.165, 1.54) is 0 Å². The first kappa shape index (κ1) is 17.4. The van der Waals surface area contributed by atoms with Crippen molar-refractivity contribution in [2.24, 2.45) is 0 Å². The third-order valence-corrected chi connectivity index (χ3v) is 3.92. The minimum atomic E-state index is -0.293. The number of hydrogen-bond donors (Lipinski definition) is 3.